The Labute approximate surface area is 224 Å². The molecular weight excluding hydrogens is 478 g/mol. The standard InChI is InChI=1S/C31H36ClN5/c1-22-25(21-33-20-24-10-7-17-36-16-6-5-11-30(24)36)18-31(23-8-3-2-4-9-23)37(22)35-28-14-15-34-29-19-26(32)12-13-27(28)29/h2-4,8-9,12-15,18-19,24,30,33H,5-7,10-11,16-17,20-21H2,1H3,(H,34,35)/t24-,30+/m0/s1. The molecule has 192 valence electrons. The van der Waals surface area contributed by atoms with Gasteiger partial charge in [-0.05, 0) is 94.1 Å². The maximum Gasteiger partial charge on any atom is 0.0738 e. The first-order valence-electron chi connectivity index (χ1n) is 13.7. The molecule has 37 heavy (non-hydrogen) atoms. The zero-order chi connectivity index (χ0) is 25.2. The number of hydrogen-bond donors (Lipinski definition) is 2. The molecule has 2 aliphatic rings. The third kappa shape index (κ3) is 5.13. The van der Waals surface area contributed by atoms with Crippen LogP contribution in [0.4, 0.5) is 5.69 Å². The minimum atomic E-state index is 0.696. The molecular formula is C31H36ClN5. The number of rotatable bonds is 7. The molecule has 4 heterocycles. The number of halogens is 1. The van der Waals surface area contributed by atoms with Gasteiger partial charge in [0.2, 0.25) is 0 Å². The Balaban J connectivity index is 1.26. The highest BCUT2D eigenvalue weighted by Crippen LogP contribution is 2.32. The SMILES string of the molecule is Cc1c(CNC[C@@H]2CCCN3CCCC[C@H]23)cc(-c2ccccc2)n1Nc1ccnc2cc(Cl)ccc12. The predicted octanol–water partition coefficient (Wildman–Crippen LogP) is 6.89. The van der Waals surface area contributed by atoms with Crippen LogP contribution in [0.1, 0.15) is 43.4 Å². The third-order valence-corrected chi connectivity index (χ3v) is 8.54. The zero-order valence-corrected chi connectivity index (χ0v) is 22.3. The first kappa shape index (κ1) is 24.5. The molecule has 0 radical (unpaired) electrons. The summed E-state index contributed by atoms with van der Waals surface area (Å²) in [6.07, 6.45) is 8.66. The number of benzene rings is 2. The molecule has 0 aliphatic carbocycles. The fourth-order valence-corrected chi connectivity index (χ4v) is 6.52. The Morgan fingerprint density at radius 1 is 0.973 bits per heavy atom. The first-order chi connectivity index (χ1) is 18.2. The molecule has 6 rings (SSSR count). The minimum Gasteiger partial charge on any atom is -0.312 e. The van der Waals surface area contributed by atoms with Crippen LogP contribution in [0.2, 0.25) is 5.02 Å². The van der Waals surface area contributed by atoms with Crippen molar-refractivity contribution < 1.29 is 0 Å². The summed E-state index contributed by atoms with van der Waals surface area (Å²) >= 11 is 6.23. The number of fused-ring (bicyclic) bond motifs is 2. The van der Waals surface area contributed by atoms with E-state index >= 15 is 0 Å². The number of pyridine rings is 1. The van der Waals surface area contributed by atoms with Crippen molar-refractivity contribution in [2.75, 3.05) is 25.1 Å². The highest BCUT2D eigenvalue weighted by molar-refractivity contribution is 6.31. The highest BCUT2D eigenvalue weighted by atomic mass is 35.5. The zero-order valence-electron chi connectivity index (χ0n) is 21.6. The molecule has 2 saturated heterocycles. The molecule has 0 bridgehead atoms. The van der Waals surface area contributed by atoms with Crippen molar-refractivity contribution in [3.8, 4) is 11.3 Å². The van der Waals surface area contributed by atoms with Gasteiger partial charge in [0.25, 0.3) is 0 Å². The maximum absolute atomic E-state index is 6.23. The highest BCUT2D eigenvalue weighted by Gasteiger charge is 2.32. The summed E-state index contributed by atoms with van der Waals surface area (Å²) in [6, 6.07) is 21.6. The average molecular weight is 514 g/mol. The van der Waals surface area contributed by atoms with Crippen molar-refractivity contribution in [2.45, 2.75) is 51.6 Å². The molecule has 4 aromatic rings. The van der Waals surface area contributed by atoms with E-state index in [9.17, 15) is 0 Å². The minimum absolute atomic E-state index is 0.696. The Bertz CT molecular complexity index is 1360. The second-order valence-electron chi connectivity index (χ2n) is 10.6. The second-order valence-corrected chi connectivity index (χ2v) is 11.0. The Kier molecular flexibility index (Phi) is 7.18. The van der Waals surface area contributed by atoms with Crippen LogP contribution >= 0.6 is 11.6 Å². The van der Waals surface area contributed by atoms with Gasteiger partial charge in [0, 0.05) is 40.4 Å². The molecule has 5 nitrogen and oxygen atoms in total. The van der Waals surface area contributed by atoms with Gasteiger partial charge in [0.1, 0.15) is 0 Å². The summed E-state index contributed by atoms with van der Waals surface area (Å²) in [7, 11) is 0. The van der Waals surface area contributed by atoms with Crippen LogP contribution in [0.5, 0.6) is 0 Å². The molecule has 2 atom stereocenters. The maximum atomic E-state index is 6.23. The number of anilines is 1. The summed E-state index contributed by atoms with van der Waals surface area (Å²) < 4.78 is 2.22. The summed E-state index contributed by atoms with van der Waals surface area (Å²) in [5.74, 6) is 0.762. The molecule has 2 aliphatic heterocycles. The van der Waals surface area contributed by atoms with E-state index in [2.05, 4.69) is 68.6 Å². The van der Waals surface area contributed by atoms with Gasteiger partial charge in [-0.2, -0.15) is 0 Å². The van der Waals surface area contributed by atoms with Gasteiger partial charge in [-0.25, -0.2) is 0 Å². The van der Waals surface area contributed by atoms with E-state index in [0.29, 0.717) is 5.02 Å². The van der Waals surface area contributed by atoms with E-state index in [1.54, 1.807) is 0 Å². The largest absolute Gasteiger partial charge is 0.312 e. The van der Waals surface area contributed by atoms with Crippen LogP contribution < -0.4 is 10.7 Å². The van der Waals surface area contributed by atoms with Crippen molar-refractivity contribution in [3.63, 3.8) is 0 Å². The molecule has 6 heteroatoms. The first-order valence-corrected chi connectivity index (χ1v) is 14.1. The van der Waals surface area contributed by atoms with Crippen LogP contribution in [0, 0.1) is 12.8 Å². The fraction of sp³-hybridized carbons (Fsp3) is 0.387. The number of nitrogens with zero attached hydrogens (tertiary/aromatic N) is 3. The van der Waals surface area contributed by atoms with Gasteiger partial charge in [-0.1, -0.05) is 48.4 Å². The monoisotopic (exact) mass is 513 g/mol. The fourth-order valence-electron chi connectivity index (χ4n) is 6.35. The predicted molar refractivity (Wildman–Crippen MR) is 154 cm³/mol. The molecule has 2 aromatic heterocycles. The molecule has 2 fully saturated rings. The van der Waals surface area contributed by atoms with Crippen LogP contribution in [0.25, 0.3) is 22.2 Å². The molecule has 0 unspecified atom stereocenters. The summed E-state index contributed by atoms with van der Waals surface area (Å²) in [6.45, 7) is 6.77. The normalized spacial score (nSPS) is 20.2. The smallest absolute Gasteiger partial charge is 0.0738 e. The Morgan fingerprint density at radius 2 is 1.84 bits per heavy atom. The van der Waals surface area contributed by atoms with E-state index in [1.807, 2.05) is 30.5 Å². The van der Waals surface area contributed by atoms with Crippen molar-refractivity contribution in [2.24, 2.45) is 5.92 Å². The van der Waals surface area contributed by atoms with Gasteiger partial charge in [0.05, 0.1) is 16.9 Å². The van der Waals surface area contributed by atoms with Crippen molar-refractivity contribution in [1.82, 2.24) is 19.9 Å². The second kappa shape index (κ2) is 10.9. The lowest BCUT2D eigenvalue weighted by atomic mass is 9.83. The molecule has 2 N–H and O–H groups in total. The van der Waals surface area contributed by atoms with E-state index in [0.717, 1.165) is 47.3 Å². The van der Waals surface area contributed by atoms with E-state index in [1.165, 1.54) is 62.0 Å². The summed E-state index contributed by atoms with van der Waals surface area (Å²) in [5, 5.41) is 5.59. The molecule has 0 amide bonds. The summed E-state index contributed by atoms with van der Waals surface area (Å²) in [5.41, 5.74) is 10.5. The third-order valence-electron chi connectivity index (χ3n) is 8.31. The lowest BCUT2D eigenvalue weighted by Gasteiger charge is -2.44. The number of piperidine rings is 2. The van der Waals surface area contributed by atoms with E-state index < -0.39 is 0 Å². The van der Waals surface area contributed by atoms with Crippen LogP contribution in [0.3, 0.4) is 0 Å². The van der Waals surface area contributed by atoms with Gasteiger partial charge in [0.15, 0.2) is 0 Å². The number of nitrogens with one attached hydrogen (secondary N) is 2. The topological polar surface area (TPSA) is 45.1 Å². The molecule has 0 spiro atoms. The summed E-state index contributed by atoms with van der Waals surface area (Å²) in [4.78, 5) is 7.27. The lowest BCUT2D eigenvalue weighted by Crippen LogP contribution is -2.50. The molecule has 2 aromatic carbocycles. The van der Waals surface area contributed by atoms with Crippen molar-refractivity contribution in [3.05, 3.63) is 83.1 Å². The van der Waals surface area contributed by atoms with Crippen LogP contribution in [-0.2, 0) is 6.54 Å². The van der Waals surface area contributed by atoms with Gasteiger partial charge < -0.3 is 10.2 Å². The lowest BCUT2D eigenvalue weighted by molar-refractivity contribution is 0.0593. The number of aromatic nitrogens is 2. The van der Waals surface area contributed by atoms with E-state index in [-0.39, 0.29) is 0 Å². The van der Waals surface area contributed by atoms with E-state index in [4.69, 9.17) is 11.6 Å². The van der Waals surface area contributed by atoms with Crippen LogP contribution in [-0.4, -0.2) is 40.2 Å². The Hall–Kier alpha value is -2.86. The van der Waals surface area contributed by atoms with Crippen LogP contribution in [0.15, 0.2) is 66.9 Å². The van der Waals surface area contributed by atoms with Crippen molar-refractivity contribution in [1.29, 1.82) is 0 Å². The van der Waals surface area contributed by atoms with Gasteiger partial charge in [-0.3, -0.25) is 15.1 Å². The Morgan fingerprint density at radius 3 is 2.73 bits per heavy atom. The molecule has 0 saturated carbocycles. The van der Waals surface area contributed by atoms with Gasteiger partial charge in [-0.15, -0.1) is 0 Å². The number of hydrogen-bond acceptors (Lipinski definition) is 4. The average Bonchev–Trinajstić information content (AvgIpc) is 3.24. The quantitative estimate of drug-likeness (QED) is 0.282. The van der Waals surface area contributed by atoms with Gasteiger partial charge >= 0.3 is 0 Å². The van der Waals surface area contributed by atoms with Crippen molar-refractivity contribution >= 4 is 28.2 Å².